The van der Waals surface area contributed by atoms with Gasteiger partial charge in [0.05, 0.1) is 5.69 Å². The van der Waals surface area contributed by atoms with E-state index in [-0.39, 0.29) is 22.2 Å². The van der Waals surface area contributed by atoms with Crippen LogP contribution in [0.1, 0.15) is 53.4 Å². The molecule has 0 radical (unpaired) electrons. The Morgan fingerprint density at radius 1 is 1.18 bits per heavy atom. The van der Waals surface area contributed by atoms with Gasteiger partial charge >= 0.3 is 0 Å². The molecule has 8 nitrogen and oxygen atoms in total. The van der Waals surface area contributed by atoms with Gasteiger partial charge in [-0.15, -0.1) is 0 Å². The Bertz CT molecular complexity index is 899. The molecule has 5 N–H and O–H groups in total. The molecule has 2 aromatic rings. The first-order valence-corrected chi connectivity index (χ1v) is 9.47. The maximum atomic E-state index is 13.3. The van der Waals surface area contributed by atoms with E-state index in [4.69, 9.17) is 11.5 Å². The molecule has 150 valence electrons. The lowest BCUT2D eigenvalue weighted by Gasteiger charge is -2.31. The van der Waals surface area contributed by atoms with Gasteiger partial charge in [-0.3, -0.25) is 19.3 Å². The van der Waals surface area contributed by atoms with E-state index in [0.717, 1.165) is 17.1 Å². The van der Waals surface area contributed by atoms with E-state index in [9.17, 15) is 14.4 Å². The minimum absolute atomic E-state index is 0.0600. The van der Waals surface area contributed by atoms with Crippen LogP contribution in [0, 0.1) is 6.92 Å². The lowest BCUT2D eigenvalue weighted by atomic mass is 10.1. The first-order chi connectivity index (χ1) is 12.9. The summed E-state index contributed by atoms with van der Waals surface area (Å²) in [4.78, 5) is 38.9. The molecule has 1 aromatic heterocycles. The SMILES string of the molecule is Cc1ccc(N(C(=O)c2snc(C(N)=O)c2N)C(C)C(=O)NC(C)(C)C)cc1. The van der Waals surface area contributed by atoms with Gasteiger partial charge in [-0.25, -0.2) is 0 Å². The Hall–Kier alpha value is -2.94. The molecule has 9 heteroatoms. The van der Waals surface area contributed by atoms with Crippen LogP contribution in [0.15, 0.2) is 24.3 Å². The number of aromatic nitrogens is 1. The van der Waals surface area contributed by atoms with E-state index >= 15 is 0 Å². The van der Waals surface area contributed by atoms with Crippen LogP contribution in [0.2, 0.25) is 0 Å². The van der Waals surface area contributed by atoms with Crippen LogP contribution in [0.4, 0.5) is 11.4 Å². The van der Waals surface area contributed by atoms with Crippen molar-refractivity contribution < 1.29 is 14.4 Å². The first-order valence-electron chi connectivity index (χ1n) is 8.69. The fourth-order valence-electron chi connectivity index (χ4n) is 2.55. The summed E-state index contributed by atoms with van der Waals surface area (Å²) in [6, 6.07) is 6.36. The normalized spacial score (nSPS) is 12.3. The van der Waals surface area contributed by atoms with E-state index < -0.39 is 23.4 Å². The van der Waals surface area contributed by atoms with Gasteiger partial charge in [0.25, 0.3) is 11.8 Å². The number of aryl methyl sites for hydroxylation is 1. The second-order valence-corrected chi connectivity index (χ2v) is 8.34. The second-order valence-electron chi connectivity index (χ2n) is 7.56. The predicted octanol–water partition coefficient (Wildman–Crippen LogP) is 2.08. The number of primary amides is 1. The maximum Gasteiger partial charge on any atom is 0.272 e. The van der Waals surface area contributed by atoms with Crippen LogP contribution in [0.5, 0.6) is 0 Å². The van der Waals surface area contributed by atoms with Crippen LogP contribution in [-0.2, 0) is 4.79 Å². The predicted molar refractivity (Wildman–Crippen MR) is 110 cm³/mol. The van der Waals surface area contributed by atoms with Gasteiger partial charge in [0.1, 0.15) is 10.9 Å². The fraction of sp³-hybridized carbons (Fsp3) is 0.368. The minimum Gasteiger partial charge on any atom is -0.395 e. The third-order valence-electron chi connectivity index (χ3n) is 3.95. The van der Waals surface area contributed by atoms with E-state index in [2.05, 4.69) is 9.69 Å². The van der Waals surface area contributed by atoms with E-state index in [1.807, 2.05) is 39.8 Å². The molecule has 1 unspecified atom stereocenters. The Balaban J connectivity index is 2.49. The van der Waals surface area contributed by atoms with Gasteiger partial charge in [-0.2, -0.15) is 4.37 Å². The van der Waals surface area contributed by atoms with Gasteiger partial charge in [-0.05, 0) is 58.3 Å². The summed E-state index contributed by atoms with van der Waals surface area (Å²) in [5.41, 5.74) is 12.0. The number of anilines is 2. The molecule has 0 spiro atoms. The third-order valence-corrected chi connectivity index (χ3v) is 4.80. The summed E-state index contributed by atoms with van der Waals surface area (Å²) in [6.07, 6.45) is 0. The molecular formula is C19H25N5O3S. The van der Waals surface area contributed by atoms with Crippen LogP contribution < -0.4 is 21.7 Å². The van der Waals surface area contributed by atoms with Gasteiger partial charge in [-0.1, -0.05) is 17.7 Å². The summed E-state index contributed by atoms with van der Waals surface area (Å²) in [7, 11) is 0. The molecule has 0 aliphatic heterocycles. The van der Waals surface area contributed by atoms with Crippen molar-refractivity contribution in [2.24, 2.45) is 5.73 Å². The number of hydrogen-bond acceptors (Lipinski definition) is 6. The summed E-state index contributed by atoms with van der Waals surface area (Å²) in [6.45, 7) is 9.12. The highest BCUT2D eigenvalue weighted by molar-refractivity contribution is 7.09. The Kier molecular flexibility index (Phi) is 6.08. The third kappa shape index (κ3) is 4.66. The quantitative estimate of drug-likeness (QED) is 0.703. The zero-order valence-electron chi connectivity index (χ0n) is 16.6. The Labute approximate surface area is 168 Å². The lowest BCUT2D eigenvalue weighted by Crippen LogP contribution is -2.52. The summed E-state index contributed by atoms with van der Waals surface area (Å²) in [5, 5.41) is 2.87. The number of nitrogen functional groups attached to an aromatic ring is 1. The highest BCUT2D eigenvalue weighted by Crippen LogP contribution is 2.28. The number of amides is 3. The molecule has 1 atom stereocenters. The smallest absolute Gasteiger partial charge is 0.272 e. The molecule has 0 bridgehead atoms. The summed E-state index contributed by atoms with van der Waals surface area (Å²) in [5.74, 6) is -1.66. The standard InChI is InChI=1S/C19H25N5O3S/c1-10-6-8-12(9-7-10)24(11(2)17(26)22-19(3,4)5)18(27)15-13(20)14(16(21)25)23-28-15/h6-9,11H,20H2,1-5H3,(H2,21,25)(H,22,26). The molecule has 0 aliphatic rings. The van der Waals surface area contributed by atoms with Crippen molar-refractivity contribution in [3.05, 3.63) is 40.4 Å². The summed E-state index contributed by atoms with van der Waals surface area (Å²) < 4.78 is 3.88. The van der Waals surface area contributed by atoms with Crippen molar-refractivity contribution in [2.75, 3.05) is 10.6 Å². The maximum absolute atomic E-state index is 13.3. The zero-order valence-corrected chi connectivity index (χ0v) is 17.4. The van der Waals surface area contributed by atoms with Crippen molar-refractivity contribution in [1.29, 1.82) is 0 Å². The topological polar surface area (TPSA) is 131 Å². The van der Waals surface area contributed by atoms with Crippen LogP contribution in [0.3, 0.4) is 0 Å². The molecule has 3 amide bonds. The van der Waals surface area contributed by atoms with Gasteiger partial charge in [0, 0.05) is 11.2 Å². The van der Waals surface area contributed by atoms with E-state index in [0.29, 0.717) is 5.69 Å². The average Bonchev–Trinajstić information content (AvgIpc) is 2.96. The van der Waals surface area contributed by atoms with Gasteiger partial charge in [0.15, 0.2) is 5.69 Å². The van der Waals surface area contributed by atoms with E-state index in [1.54, 1.807) is 19.1 Å². The van der Waals surface area contributed by atoms with Gasteiger partial charge in [0.2, 0.25) is 5.91 Å². The first kappa shape index (κ1) is 21.4. The number of carbonyl (C=O) groups is 3. The van der Waals surface area contributed by atoms with Gasteiger partial charge < -0.3 is 16.8 Å². The second kappa shape index (κ2) is 7.97. The molecule has 28 heavy (non-hydrogen) atoms. The van der Waals surface area contributed by atoms with Crippen LogP contribution in [0.25, 0.3) is 0 Å². The van der Waals surface area contributed by atoms with Crippen molar-refractivity contribution in [3.8, 4) is 0 Å². The molecule has 0 saturated carbocycles. The number of rotatable bonds is 5. The van der Waals surface area contributed by atoms with Crippen molar-refractivity contribution in [1.82, 2.24) is 9.69 Å². The van der Waals surface area contributed by atoms with Crippen LogP contribution in [-0.4, -0.2) is 33.7 Å². The molecular weight excluding hydrogens is 378 g/mol. The number of carbonyl (C=O) groups excluding carboxylic acids is 3. The van der Waals surface area contributed by atoms with Crippen molar-refractivity contribution >= 4 is 40.6 Å². The molecule has 1 aromatic carbocycles. The number of nitrogens with one attached hydrogen (secondary N) is 1. The average molecular weight is 404 g/mol. The number of nitrogens with two attached hydrogens (primary N) is 2. The van der Waals surface area contributed by atoms with E-state index in [1.165, 1.54) is 4.90 Å². The fourth-order valence-corrected chi connectivity index (χ4v) is 3.29. The number of hydrogen-bond donors (Lipinski definition) is 3. The molecule has 0 saturated heterocycles. The number of benzene rings is 1. The minimum atomic E-state index is -0.826. The highest BCUT2D eigenvalue weighted by Gasteiger charge is 2.33. The lowest BCUT2D eigenvalue weighted by molar-refractivity contribution is -0.123. The van der Waals surface area contributed by atoms with Crippen LogP contribution >= 0.6 is 11.5 Å². The Morgan fingerprint density at radius 3 is 2.21 bits per heavy atom. The number of nitrogens with zero attached hydrogens (tertiary/aromatic N) is 2. The van der Waals surface area contributed by atoms with Crippen molar-refractivity contribution in [3.63, 3.8) is 0 Å². The highest BCUT2D eigenvalue weighted by atomic mass is 32.1. The molecule has 1 heterocycles. The molecule has 2 rings (SSSR count). The summed E-state index contributed by atoms with van der Waals surface area (Å²) >= 11 is 0.782. The Morgan fingerprint density at radius 2 is 1.75 bits per heavy atom. The van der Waals surface area contributed by atoms with Crippen molar-refractivity contribution in [2.45, 2.75) is 46.2 Å². The molecule has 0 aliphatic carbocycles. The zero-order chi connectivity index (χ0) is 21.2. The monoisotopic (exact) mass is 403 g/mol. The molecule has 0 fully saturated rings. The largest absolute Gasteiger partial charge is 0.395 e.